The van der Waals surface area contributed by atoms with E-state index in [1.807, 2.05) is 0 Å². The molecule has 0 aromatic carbocycles. The van der Waals surface area contributed by atoms with E-state index in [9.17, 15) is 25.0 Å². The summed E-state index contributed by atoms with van der Waals surface area (Å²) in [4.78, 5) is 22.0. The lowest BCUT2D eigenvalue weighted by molar-refractivity contribution is -0.227. The van der Waals surface area contributed by atoms with Crippen molar-refractivity contribution in [2.75, 3.05) is 25.6 Å². The number of hydrogen-bond acceptors (Lipinski definition) is 8. The number of halogens is 1. The highest BCUT2D eigenvalue weighted by atomic mass is 35.5. The van der Waals surface area contributed by atoms with E-state index in [0.717, 1.165) is 0 Å². The van der Waals surface area contributed by atoms with E-state index in [2.05, 4.69) is 10.6 Å². The van der Waals surface area contributed by atoms with Gasteiger partial charge in [-0.25, -0.2) is 4.79 Å². The summed E-state index contributed by atoms with van der Waals surface area (Å²) in [7, 11) is 0. The van der Waals surface area contributed by atoms with E-state index in [0.29, 0.717) is 5.01 Å². The first kappa shape index (κ1) is 18.0. The topological polar surface area (TPSA) is 152 Å². The van der Waals surface area contributed by atoms with Gasteiger partial charge in [-0.3, -0.25) is 0 Å². The molecular formula is C10H18ClN3O7. The molecule has 1 heterocycles. The second-order valence-corrected chi connectivity index (χ2v) is 4.83. The van der Waals surface area contributed by atoms with Gasteiger partial charge in [0.1, 0.15) is 30.5 Å². The van der Waals surface area contributed by atoms with Gasteiger partial charge in [0.05, 0.1) is 18.4 Å². The van der Waals surface area contributed by atoms with Crippen molar-refractivity contribution in [2.24, 2.45) is 5.29 Å². The molecule has 0 aliphatic carbocycles. The Labute approximate surface area is 125 Å². The first-order valence-electron chi connectivity index (χ1n) is 6.21. The second kappa shape index (κ2) is 8.41. The zero-order valence-corrected chi connectivity index (χ0v) is 11.8. The van der Waals surface area contributed by atoms with E-state index in [-0.39, 0.29) is 19.0 Å². The van der Waals surface area contributed by atoms with Crippen LogP contribution in [0.15, 0.2) is 5.29 Å². The van der Waals surface area contributed by atoms with Crippen LogP contribution in [-0.4, -0.2) is 87.6 Å². The number of carbonyl (C=O) groups excluding carboxylic acids is 1. The van der Waals surface area contributed by atoms with Crippen LogP contribution in [0.4, 0.5) is 4.79 Å². The summed E-state index contributed by atoms with van der Waals surface area (Å²) >= 11 is 5.39. The molecule has 0 aromatic heterocycles. The van der Waals surface area contributed by atoms with Crippen molar-refractivity contribution >= 4 is 17.6 Å². The summed E-state index contributed by atoms with van der Waals surface area (Å²) in [6, 6.07) is -0.845. The number of aliphatic hydroxyl groups is 4. The number of hydrogen-bond donors (Lipinski definition) is 5. The predicted molar refractivity (Wildman–Crippen MR) is 70.4 cm³/mol. The number of carbonyl (C=O) groups is 1. The molecule has 1 aliphatic heterocycles. The Hall–Kier alpha value is -1.04. The van der Waals surface area contributed by atoms with E-state index < -0.39 is 43.2 Å². The van der Waals surface area contributed by atoms with Crippen LogP contribution in [0.25, 0.3) is 0 Å². The van der Waals surface area contributed by atoms with Crippen molar-refractivity contribution in [3.63, 3.8) is 0 Å². The lowest BCUT2D eigenvalue weighted by Crippen LogP contribution is -2.61. The first-order valence-corrected chi connectivity index (χ1v) is 6.74. The van der Waals surface area contributed by atoms with E-state index in [1.54, 1.807) is 0 Å². The molecule has 5 N–H and O–H groups in total. The molecule has 11 heteroatoms. The summed E-state index contributed by atoms with van der Waals surface area (Å²) in [5.41, 5.74) is 0. The van der Waals surface area contributed by atoms with E-state index >= 15 is 0 Å². The molecule has 0 radical (unpaired) electrons. The third-order valence-corrected chi connectivity index (χ3v) is 3.24. The van der Waals surface area contributed by atoms with Crippen LogP contribution in [0.2, 0.25) is 0 Å². The third kappa shape index (κ3) is 4.46. The third-order valence-electron chi connectivity index (χ3n) is 3.07. The molecule has 0 aromatic rings. The largest absolute Gasteiger partial charge is 0.394 e. The molecule has 0 saturated carbocycles. The number of urea groups is 1. The highest BCUT2D eigenvalue weighted by molar-refractivity contribution is 6.18. The minimum Gasteiger partial charge on any atom is -0.394 e. The van der Waals surface area contributed by atoms with Crippen molar-refractivity contribution in [1.29, 1.82) is 0 Å². The fourth-order valence-electron chi connectivity index (χ4n) is 1.89. The van der Waals surface area contributed by atoms with E-state index in [1.165, 1.54) is 0 Å². The van der Waals surface area contributed by atoms with Gasteiger partial charge in [-0.05, 0) is 0 Å². The summed E-state index contributed by atoms with van der Waals surface area (Å²) in [5.74, 6) is 0.0131. The van der Waals surface area contributed by atoms with Gasteiger partial charge < -0.3 is 30.5 Å². The normalized spacial score (nSPS) is 32.5. The average Bonchev–Trinajstić information content (AvgIpc) is 2.49. The Balaban J connectivity index is 2.57. The van der Waals surface area contributed by atoms with Crippen LogP contribution in [0.1, 0.15) is 0 Å². The van der Waals surface area contributed by atoms with Gasteiger partial charge in [-0.15, -0.1) is 16.5 Å². The predicted octanol–water partition coefficient (Wildman–Crippen LogP) is -2.24. The van der Waals surface area contributed by atoms with Crippen LogP contribution in [-0.2, 0) is 4.74 Å². The minimum atomic E-state index is -1.53. The molecule has 0 bridgehead atoms. The summed E-state index contributed by atoms with van der Waals surface area (Å²) in [5, 5.41) is 43.2. The fourth-order valence-corrected chi connectivity index (χ4v) is 2.05. The molecule has 5 unspecified atom stereocenters. The molecule has 5 atom stereocenters. The number of nitrogens with one attached hydrogen (secondary N) is 1. The molecular weight excluding hydrogens is 310 g/mol. The second-order valence-electron chi connectivity index (χ2n) is 4.45. The number of nitrogens with zero attached hydrogens (tertiary/aromatic N) is 2. The molecule has 1 fully saturated rings. The highest BCUT2D eigenvalue weighted by Gasteiger charge is 2.43. The average molecular weight is 328 g/mol. The molecule has 2 amide bonds. The highest BCUT2D eigenvalue weighted by Crippen LogP contribution is 2.20. The van der Waals surface area contributed by atoms with Crippen molar-refractivity contribution < 1.29 is 30.0 Å². The number of rotatable bonds is 6. The van der Waals surface area contributed by atoms with Gasteiger partial charge in [0, 0.05) is 12.4 Å². The Morgan fingerprint density at radius 1 is 1.24 bits per heavy atom. The maximum Gasteiger partial charge on any atom is 0.340 e. The van der Waals surface area contributed by atoms with Crippen molar-refractivity contribution in [1.82, 2.24) is 10.3 Å². The molecule has 21 heavy (non-hydrogen) atoms. The van der Waals surface area contributed by atoms with Crippen molar-refractivity contribution in [3.8, 4) is 0 Å². The maximum atomic E-state index is 11.6. The Morgan fingerprint density at radius 3 is 2.38 bits per heavy atom. The quantitative estimate of drug-likeness (QED) is 0.210. The number of amides is 2. The Bertz CT molecular complexity index is 360. The van der Waals surface area contributed by atoms with Crippen LogP contribution >= 0.6 is 11.6 Å². The zero-order valence-electron chi connectivity index (χ0n) is 11.0. The van der Waals surface area contributed by atoms with Crippen LogP contribution in [0.5, 0.6) is 0 Å². The molecule has 10 nitrogen and oxygen atoms in total. The Kier molecular flexibility index (Phi) is 7.22. The van der Waals surface area contributed by atoms with Gasteiger partial charge in [0.2, 0.25) is 0 Å². The fraction of sp³-hybridized carbons (Fsp3) is 0.900. The number of ether oxygens (including phenoxy) is 1. The van der Waals surface area contributed by atoms with Gasteiger partial charge >= 0.3 is 6.03 Å². The first-order chi connectivity index (χ1) is 9.96. The molecule has 1 aliphatic rings. The summed E-state index contributed by atoms with van der Waals surface area (Å²) < 4.78 is 5.18. The van der Waals surface area contributed by atoms with Crippen molar-refractivity contribution in [3.05, 3.63) is 4.91 Å². The van der Waals surface area contributed by atoms with Gasteiger partial charge in [0.15, 0.2) is 0 Å². The zero-order chi connectivity index (χ0) is 16.0. The number of aliphatic hydroxyl groups excluding tert-OH is 4. The Morgan fingerprint density at radius 2 is 1.86 bits per heavy atom. The maximum absolute atomic E-state index is 11.6. The lowest BCUT2D eigenvalue weighted by atomic mass is 9.95. The van der Waals surface area contributed by atoms with Crippen LogP contribution in [0.3, 0.4) is 0 Å². The lowest BCUT2D eigenvalue weighted by Gasteiger charge is -2.40. The van der Waals surface area contributed by atoms with Crippen molar-refractivity contribution in [2.45, 2.75) is 30.5 Å². The SMILES string of the molecule is O=NN(CCCl)C(=O)NCC1OC(CO)C(O)C(O)C1O. The molecule has 122 valence electrons. The van der Waals surface area contributed by atoms with Gasteiger partial charge in [-0.2, -0.15) is 5.01 Å². The smallest absolute Gasteiger partial charge is 0.340 e. The number of alkyl halides is 1. The molecule has 0 spiro atoms. The van der Waals surface area contributed by atoms with Gasteiger partial charge in [0.25, 0.3) is 0 Å². The number of nitroso groups, excluding NO2 is 1. The molecule has 1 saturated heterocycles. The summed E-state index contributed by atoms with van der Waals surface area (Å²) in [6.07, 6.45) is -6.58. The molecule has 1 rings (SSSR count). The van der Waals surface area contributed by atoms with Gasteiger partial charge in [-0.1, -0.05) is 0 Å². The standard InChI is InChI=1S/C10H18ClN3O7/c11-1-2-14(13-20)10(19)12-3-5-7(16)9(18)8(17)6(4-15)21-5/h5-9,15-18H,1-4H2,(H,12,19). The minimum absolute atomic E-state index is 0.0131. The van der Waals surface area contributed by atoms with Crippen LogP contribution in [0, 0.1) is 4.91 Å². The van der Waals surface area contributed by atoms with E-state index in [4.69, 9.17) is 21.4 Å². The summed E-state index contributed by atoms with van der Waals surface area (Å²) in [6.45, 7) is -0.913. The monoisotopic (exact) mass is 327 g/mol. The van der Waals surface area contributed by atoms with Crippen LogP contribution < -0.4 is 5.32 Å².